The number of pyridine rings is 1. The van der Waals surface area contributed by atoms with E-state index in [9.17, 15) is 10.1 Å². The SMILES string of the molecule is C#CC(CC)Nc1ccc([N+](=O)[O-])c(N)n1. The molecule has 16 heavy (non-hydrogen) atoms. The van der Waals surface area contributed by atoms with E-state index in [1.54, 1.807) is 0 Å². The Labute approximate surface area is 93.0 Å². The third-order valence-corrected chi connectivity index (χ3v) is 2.03. The molecule has 1 aromatic rings. The van der Waals surface area contributed by atoms with Gasteiger partial charge < -0.3 is 11.1 Å². The zero-order valence-electron chi connectivity index (χ0n) is 8.80. The van der Waals surface area contributed by atoms with E-state index in [-0.39, 0.29) is 17.5 Å². The summed E-state index contributed by atoms with van der Waals surface area (Å²) in [5.74, 6) is 2.85. The fraction of sp³-hybridized carbons (Fsp3) is 0.300. The predicted octanol–water partition coefficient (Wildman–Crippen LogP) is 1.40. The highest BCUT2D eigenvalue weighted by Crippen LogP contribution is 2.21. The Morgan fingerprint density at radius 1 is 1.75 bits per heavy atom. The van der Waals surface area contributed by atoms with Gasteiger partial charge in [-0.05, 0) is 12.5 Å². The van der Waals surface area contributed by atoms with Gasteiger partial charge in [0.05, 0.1) is 11.0 Å². The molecule has 3 N–H and O–H groups in total. The molecule has 1 atom stereocenters. The summed E-state index contributed by atoms with van der Waals surface area (Å²) in [6.07, 6.45) is 6.00. The fourth-order valence-electron chi connectivity index (χ4n) is 1.14. The van der Waals surface area contributed by atoms with E-state index in [1.165, 1.54) is 12.1 Å². The number of hydrogen-bond acceptors (Lipinski definition) is 5. The molecule has 1 rings (SSSR count). The van der Waals surface area contributed by atoms with Crippen LogP contribution < -0.4 is 11.1 Å². The van der Waals surface area contributed by atoms with Crippen LogP contribution in [0.5, 0.6) is 0 Å². The lowest BCUT2D eigenvalue weighted by molar-refractivity contribution is -0.384. The predicted molar refractivity (Wildman–Crippen MR) is 61.8 cm³/mol. The van der Waals surface area contributed by atoms with Crippen LogP contribution in [-0.2, 0) is 0 Å². The molecule has 0 spiro atoms. The summed E-state index contributed by atoms with van der Waals surface area (Å²) >= 11 is 0. The van der Waals surface area contributed by atoms with Gasteiger partial charge in [0, 0.05) is 6.07 Å². The van der Waals surface area contributed by atoms with Crippen LogP contribution in [0.15, 0.2) is 12.1 Å². The molecule has 6 heteroatoms. The lowest BCUT2D eigenvalue weighted by Crippen LogP contribution is -2.17. The number of nitrogens with zero attached hydrogens (tertiary/aromatic N) is 2. The Morgan fingerprint density at radius 2 is 2.44 bits per heavy atom. The van der Waals surface area contributed by atoms with Crippen LogP contribution in [-0.4, -0.2) is 15.9 Å². The maximum Gasteiger partial charge on any atom is 0.311 e. The van der Waals surface area contributed by atoms with Crippen molar-refractivity contribution in [2.45, 2.75) is 19.4 Å². The molecule has 1 aromatic heterocycles. The number of rotatable bonds is 4. The van der Waals surface area contributed by atoms with Crippen LogP contribution >= 0.6 is 0 Å². The molecule has 0 fully saturated rings. The molecular formula is C10H12N4O2. The number of anilines is 2. The highest BCUT2D eigenvalue weighted by atomic mass is 16.6. The molecule has 0 saturated carbocycles. The number of nitrogens with two attached hydrogens (primary N) is 1. The molecule has 0 bridgehead atoms. The number of aromatic nitrogens is 1. The van der Waals surface area contributed by atoms with Gasteiger partial charge in [-0.1, -0.05) is 12.8 Å². The lowest BCUT2D eigenvalue weighted by Gasteiger charge is -2.11. The third kappa shape index (κ3) is 2.60. The van der Waals surface area contributed by atoms with Crippen molar-refractivity contribution in [2.24, 2.45) is 0 Å². The minimum Gasteiger partial charge on any atom is -0.378 e. The van der Waals surface area contributed by atoms with E-state index in [2.05, 4.69) is 16.2 Å². The summed E-state index contributed by atoms with van der Waals surface area (Å²) in [4.78, 5) is 13.8. The molecule has 0 saturated heterocycles. The largest absolute Gasteiger partial charge is 0.378 e. The quantitative estimate of drug-likeness (QED) is 0.454. The van der Waals surface area contributed by atoms with E-state index in [0.717, 1.165) is 6.42 Å². The molecule has 1 unspecified atom stereocenters. The van der Waals surface area contributed by atoms with Crippen LogP contribution in [0.1, 0.15) is 13.3 Å². The van der Waals surface area contributed by atoms with Crippen molar-refractivity contribution in [1.29, 1.82) is 0 Å². The monoisotopic (exact) mass is 220 g/mol. The molecule has 0 amide bonds. The van der Waals surface area contributed by atoms with Crippen molar-refractivity contribution in [2.75, 3.05) is 11.1 Å². The first kappa shape index (κ1) is 11.8. The second-order valence-electron chi connectivity index (χ2n) is 3.13. The summed E-state index contributed by atoms with van der Waals surface area (Å²) in [5, 5.41) is 13.4. The minimum absolute atomic E-state index is 0.123. The number of hydrogen-bond donors (Lipinski definition) is 2. The van der Waals surface area contributed by atoms with Gasteiger partial charge in [0.2, 0.25) is 5.82 Å². The number of terminal acetylenes is 1. The van der Waals surface area contributed by atoms with E-state index in [4.69, 9.17) is 12.2 Å². The van der Waals surface area contributed by atoms with E-state index in [0.29, 0.717) is 5.82 Å². The van der Waals surface area contributed by atoms with Crippen molar-refractivity contribution in [1.82, 2.24) is 4.98 Å². The Kier molecular flexibility index (Phi) is 3.67. The second-order valence-corrected chi connectivity index (χ2v) is 3.13. The average molecular weight is 220 g/mol. The Bertz CT molecular complexity index is 439. The van der Waals surface area contributed by atoms with E-state index < -0.39 is 4.92 Å². The maximum atomic E-state index is 10.5. The fourth-order valence-corrected chi connectivity index (χ4v) is 1.14. The van der Waals surface area contributed by atoms with Crippen LogP contribution in [0.25, 0.3) is 0 Å². The highest BCUT2D eigenvalue weighted by Gasteiger charge is 2.13. The molecule has 0 aliphatic heterocycles. The van der Waals surface area contributed by atoms with Crippen LogP contribution in [0.4, 0.5) is 17.3 Å². The van der Waals surface area contributed by atoms with Crippen molar-refractivity contribution in [3.63, 3.8) is 0 Å². The van der Waals surface area contributed by atoms with Crippen molar-refractivity contribution in [3.05, 3.63) is 22.2 Å². The van der Waals surface area contributed by atoms with Gasteiger partial charge in [0.15, 0.2) is 0 Å². The molecule has 0 aromatic carbocycles. The molecule has 0 radical (unpaired) electrons. The summed E-state index contributed by atoms with van der Waals surface area (Å²) in [7, 11) is 0. The first-order chi connectivity index (χ1) is 7.58. The second kappa shape index (κ2) is 4.98. The molecule has 1 heterocycles. The normalized spacial score (nSPS) is 11.5. The van der Waals surface area contributed by atoms with Crippen LogP contribution in [0, 0.1) is 22.5 Å². The van der Waals surface area contributed by atoms with Gasteiger partial charge in [-0.25, -0.2) is 4.98 Å². The summed E-state index contributed by atoms with van der Waals surface area (Å²) in [5.41, 5.74) is 5.23. The average Bonchev–Trinajstić information content (AvgIpc) is 2.25. The maximum absolute atomic E-state index is 10.5. The van der Waals surface area contributed by atoms with Gasteiger partial charge in [-0.15, -0.1) is 6.42 Å². The lowest BCUT2D eigenvalue weighted by atomic mass is 10.2. The Hall–Kier alpha value is -2.29. The van der Waals surface area contributed by atoms with E-state index in [1.807, 2.05) is 6.92 Å². The van der Waals surface area contributed by atoms with Gasteiger partial charge in [0.1, 0.15) is 5.82 Å². The third-order valence-electron chi connectivity index (χ3n) is 2.03. The summed E-state index contributed by atoms with van der Waals surface area (Å²) in [6, 6.07) is 2.62. The zero-order chi connectivity index (χ0) is 12.1. The number of nitrogens with one attached hydrogen (secondary N) is 1. The first-order valence-corrected chi connectivity index (χ1v) is 4.72. The van der Waals surface area contributed by atoms with Crippen LogP contribution in [0.3, 0.4) is 0 Å². The van der Waals surface area contributed by atoms with Gasteiger partial charge >= 0.3 is 5.69 Å². The van der Waals surface area contributed by atoms with Crippen LogP contribution in [0.2, 0.25) is 0 Å². The van der Waals surface area contributed by atoms with Crippen molar-refractivity contribution < 1.29 is 4.92 Å². The minimum atomic E-state index is -0.579. The molecule has 0 aliphatic carbocycles. The standard InChI is InChI=1S/C10H12N4O2/c1-3-7(4-2)12-9-6-5-8(14(15)16)10(11)13-9/h1,5-7H,4H2,2H3,(H3,11,12,13). The molecule has 0 aliphatic rings. The van der Waals surface area contributed by atoms with Gasteiger partial charge in [-0.3, -0.25) is 10.1 Å². The zero-order valence-corrected chi connectivity index (χ0v) is 8.80. The Balaban J connectivity index is 2.90. The highest BCUT2D eigenvalue weighted by molar-refractivity contribution is 5.57. The number of nitrogen functional groups attached to an aromatic ring is 1. The number of nitro groups is 1. The molecule has 6 nitrogen and oxygen atoms in total. The van der Waals surface area contributed by atoms with E-state index >= 15 is 0 Å². The smallest absolute Gasteiger partial charge is 0.311 e. The van der Waals surface area contributed by atoms with Gasteiger partial charge in [-0.2, -0.15) is 0 Å². The molecule has 84 valence electrons. The first-order valence-electron chi connectivity index (χ1n) is 4.72. The topological polar surface area (TPSA) is 94.1 Å². The van der Waals surface area contributed by atoms with Crippen molar-refractivity contribution >= 4 is 17.3 Å². The summed E-state index contributed by atoms with van der Waals surface area (Å²) in [6.45, 7) is 1.92. The van der Waals surface area contributed by atoms with Crippen molar-refractivity contribution in [3.8, 4) is 12.3 Å². The molecular weight excluding hydrogens is 208 g/mol. The Morgan fingerprint density at radius 3 is 2.88 bits per heavy atom. The summed E-state index contributed by atoms with van der Waals surface area (Å²) < 4.78 is 0. The van der Waals surface area contributed by atoms with Gasteiger partial charge in [0.25, 0.3) is 0 Å².